The van der Waals surface area contributed by atoms with E-state index in [4.69, 9.17) is 0 Å². The third-order valence-electron chi connectivity index (χ3n) is 3.29. The molecule has 0 aliphatic heterocycles. The van der Waals surface area contributed by atoms with E-state index in [0.717, 1.165) is 17.1 Å². The monoisotopic (exact) mass is 317 g/mol. The summed E-state index contributed by atoms with van der Waals surface area (Å²) < 4.78 is 1.81. The highest BCUT2D eigenvalue weighted by atomic mass is 32.2. The lowest BCUT2D eigenvalue weighted by atomic mass is 10.2. The van der Waals surface area contributed by atoms with Crippen LogP contribution in [0.1, 0.15) is 23.1 Å². The Kier molecular flexibility index (Phi) is 6.52. The smallest absolute Gasteiger partial charge is 0.221 e. The third kappa shape index (κ3) is 5.93. The van der Waals surface area contributed by atoms with Crippen molar-refractivity contribution in [2.45, 2.75) is 32.6 Å². The van der Waals surface area contributed by atoms with Crippen molar-refractivity contribution in [1.29, 1.82) is 0 Å². The van der Waals surface area contributed by atoms with Gasteiger partial charge in [0, 0.05) is 37.2 Å². The summed E-state index contributed by atoms with van der Waals surface area (Å²) >= 11 is 1.84. The predicted molar refractivity (Wildman–Crippen MR) is 91.9 cm³/mol. The quantitative estimate of drug-likeness (QED) is 0.762. The van der Waals surface area contributed by atoms with E-state index in [-0.39, 0.29) is 5.91 Å². The Labute approximate surface area is 136 Å². The maximum Gasteiger partial charge on any atom is 0.221 e. The zero-order valence-electron chi connectivity index (χ0n) is 13.2. The number of hydrogen-bond acceptors (Lipinski definition) is 3. The second kappa shape index (κ2) is 8.63. The number of hydrogen-bond donors (Lipinski definition) is 1. The second-order valence-electron chi connectivity index (χ2n) is 5.42. The number of amides is 1. The van der Waals surface area contributed by atoms with Crippen LogP contribution in [0.25, 0.3) is 0 Å². The molecule has 0 spiro atoms. The van der Waals surface area contributed by atoms with Gasteiger partial charge in [0.2, 0.25) is 5.91 Å². The summed E-state index contributed by atoms with van der Waals surface area (Å²) in [7, 11) is 0. The van der Waals surface area contributed by atoms with Crippen LogP contribution < -0.4 is 5.32 Å². The van der Waals surface area contributed by atoms with Crippen molar-refractivity contribution < 1.29 is 4.79 Å². The fourth-order valence-electron chi connectivity index (χ4n) is 2.03. The number of nitrogens with one attached hydrogen (secondary N) is 1. The highest BCUT2D eigenvalue weighted by Gasteiger charge is 2.02. The summed E-state index contributed by atoms with van der Waals surface area (Å²) in [5.74, 6) is 2.01. The Morgan fingerprint density at radius 1 is 1.23 bits per heavy atom. The van der Waals surface area contributed by atoms with Gasteiger partial charge in [0.15, 0.2) is 0 Å². The summed E-state index contributed by atoms with van der Waals surface area (Å²) in [6.07, 6.45) is 4.23. The molecular formula is C17H23N3OS. The Hall–Kier alpha value is -1.75. The van der Waals surface area contributed by atoms with Gasteiger partial charge in [0.1, 0.15) is 0 Å². The molecule has 118 valence electrons. The number of thioether (sulfide) groups is 1. The fraction of sp³-hybridized carbons (Fsp3) is 0.412. The molecule has 5 heteroatoms. The first-order chi connectivity index (χ1) is 10.6. The zero-order chi connectivity index (χ0) is 15.8. The van der Waals surface area contributed by atoms with Crippen molar-refractivity contribution in [3.05, 3.63) is 53.3 Å². The molecule has 1 aromatic heterocycles. The molecule has 1 amide bonds. The highest BCUT2D eigenvalue weighted by molar-refractivity contribution is 7.98. The van der Waals surface area contributed by atoms with Gasteiger partial charge in [-0.3, -0.25) is 9.48 Å². The molecule has 1 heterocycles. The highest BCUT2D eigenvalue weighted by Crippen LogP contribution is 2.12. The summed E-state index contributed by atoms with van der Waals surface area (Å²) in [4.78, 5) is 11.7. The van der Waals surface area contributed by atoms with Crippen LogP contribution in [0.5, 0.6) is 0 Å². The number of aryl methyl sites for hydroxylation is 3. The van der Waals surface area contributed by atoms with Crippen molar-refractivity contribution in [3.63, 3.8) is 0 Å². The number of nitrogens with zero attached hydrogens (tertiary/aromatic N) is 2. The lowest BCUT2D eigenvalue weighted by Crippen LogP contribution is -2.26. The zero-order valence-corrected chi connectivity index (χ0v) is 14.0. The maximum absolute atomic E-state index is 11.7. The predicted octanol–water partition coefficient (Wildman–Crippen LogP) is 2.94. The van der Waals surface area contributed by atoms with Gasteiger partial charge in [0.25, 0.3) is 0 Å². The number of carbonyl (C=O) groups is 1. The van der Waals surface area contributed by atoms with E-state index in [9.17, 15) is 4.79 Å². The van der Waals surface area contributed by atoms with E-state index in [1.54, 1.807) is 10.9 Å². The number of benzene rings is 1. The van der Waals surface area contributed by atoms with Crippen LogP contribution >= 0.6 is 11.8 Å². The van der Waals surface area contributed by atoms with Crippen LogP contribution in [0.15, 0.2) is 36.7 Å². The average molecular weight is 317 g/mol. The van der Waals surface area contributed by atoms with Crippen molar-refractivity contribution in [2.24, 2.45) is 0 Å². The third-order valence-corrected chi connectivity index (χ3v) is 4.32. The lowest BCUT2D eigenvalue weighted by Gasteiger charge is -2.06. The van der Waals surface area contributed by atoms with Crippen LogP contribution in [-0.2, 0) is 17.1 Å². The first-order valence-corrected chi connectivity index (χ1v) is 8.68. The van der Waals surface area contributed by atoms with E-state index < -0.39 is 0 Å². The molecular weight excluding hydrogens is 294 g/mol. The summed E-state index contributed by atoms with van der Waals surface area (Å²) in [6, 6.07) is 8.59. The first kappa shape index (κ1) is 16.6. The maximum atomic E-state index is 11.7. The van der Waals surface area contributed by atoms with Crippen LogP contribution in [0, 0.1) is 13.8 Å². The van der Waals surface area contributed by atoms with Gasteiger partial charge in [0.05, 0.1) is 6.20 Å². The molecule has 0 aliphatic carbocycles. The molecule has 1 aromatic carbocycles. The van der Waals surface area contributed by atoms with Crippen LogP contribution in [0.4, 0.5) is 0 Å². The molecule has 2 aromatic rings. The fourth-order valence-corrected chi connectivity index (χ4v) is 2.85. The van der Waals surface area contributed by atoms with Crippen molar-refractivity contribution in [1.82, 2.24) is 15.1 Å². The molecule has 0 atom stereocenters. The van der Waals surface area contributed by atoms with E-state index in [0.29, 0.717) is 19.5 Å². The van der Waals surface area contributed by atoms with Gasteiger partial charge in [-0.1, -0.05) is 29.8 Å². The minimum atomic E-state index is 0.0871. The number of rotatable bonds is 8. The van der Waals surface area contributed by atoms with Gasteiger partial charge >= 0.3 is 0 Å². The van der Waals surface area contributed by atoms with Gasteiger partial charge in [-0.2, -0.15) is 16.9 Å². The minimum Gasteiger partial charge on any atom is -0.355 e. The first-order valence-electron chi connectivity index (χ1n) is 7.52. The topological polar surface area (TPSA) is 46.9 Å². The van der Waals surface area contributed by atoms with Crippen LogP contribution in [-0.4, -0.2) is 28.0 Å². The summed E-state index contributed by atoms with van der Waals surface area (Å²) in [5, 5.41) is 7.12. The van der Waals surface area contributed by atoms with Crippen molar-refractivity contribution >= 4 is 17.7 Å². The Bertz CT molecular complexity index is 592. The SMILES string of the molecule is Cc1ccc(CSCCNC(=O)CCn2cc(C)cn2)cc1. The molecule has 0 aliphatic rings. The second-order valence-corrected chi connectivity index (χ2v) is 6.52. The summed E-state index contributed by atoms with van der Waals surface area (Å²) in [5.41, 5.74) is 3.73. The Morgan fingerprint density at radius 2 is 2.00 bits per heavy atom. The lowest BCUT2D eigenvalue weighted by molar-refractivity contribution is -0.121. The van der Waals surface area contributed by atoms with Crippen molar-refractivity contribution in [3.8, 4) is 0 Å². The number of carbonyl (C=O) groups excluding carboxylic acids is 1. The molecule has 0 saturated heterocycles. The minimum absolute atomic E-state index is 0.0871. The van der Waals surface area contributed by atoms with Crippen molar-refractivity contribution in [2.75, 3.05) is 12.3 Å². The molecule has 1 N–H and O–H groups in total. The average Bonchev–Trinajstić information content (AvgIpc) is 2.92. The Balaban J connectivity index is 1.54. The molecule has 0 saturated carbocycles. The van der Waals surface area contributed by atoms with Gasteiger partial charge in [-0.25, -0.2) is 0 Å². The van der Waals surface area contributed by atoms with Crippen LogP contribution in [0.2, 0.25) is 0 Å². The van der Waals surface area contributed by atoms with E-state index in [1.807, 2.05) is 24.9 Å². The molecule has 22 heavy (non-hydrogen) atoms. The molecule has 0 fully saturated rings. The largest absolute Gasteiger partial charge is 0.355 e. The van der Waals surface area contributed by atoms with Crippen LogP contribution in [0.3, 0.4) is 0 Å². The standard InChI is InChI=1S/C17H23N3OS/c1-14-3-5-16(6-4-14)13-22-10-8-18-17(21)7-9-20-12-15(2)11-19-20/h3-6,11-12H,7-10,13H2,1-2H3,(H,18,21). The number of aromatic nitrogens is 2. The molecule has 0 unspecified atom stereocenters. The molecule has 2 rings (SSSR count). The van der Waals surface area contributed by atoms with Gasteiger partial charge in [-0.15, -0.1) is 0 Å². The normalized spacial score (nSPS) is 10.6. The van der Waals surface area contributed by atoms with Gasteiger partial charge in [-0.05, 0) is 25.0 Å². The van der Waals surface area contributed by atoms with E-state index in [1.165, 1.54) is 11.1 Å². The molecule has 4 nitrogen and oxygen atoms in total. The molecule has 0 radical (unpaired) electrons. The Morgan fingerprint density at radius 3 is 2.68 bits per heavy atom. The van der Waals surface area contributed by atoms with E-state index >= 15 is 0 Å². The van der Waals surface area contributed by atoms with Gasteiger partial charge < -0.3 is 5.32 Å². The summed E-state index contributed by atoms with van der Waals surface area (Å²) in [6.45, 7) is 5.44. The molecule has 0 bridgehead atoms. The van der Waals surface area contributed by atoms with E-state index in [2.05, 4.69) is 41.6 Å².